The summed E-state index contributed by atoms with van der Waals surface area (Å²) < 4.78 is 33.2. The minimum atomic E-state index is -3.40. The van der Waals surface area contributed by atoms with E-state index in [2.05, 4.69) is 4.98 Å². The maximum absolute atomic E-state index is 13.2. The summed E-state index contributed by atoms with van der Waals surface area (Å²) in [5.41, 5.74) is 1.32. The molecule has 1 aromatic carbocycles. The SMILES string of the molecule is COc1cccc(CN2C[C@@H]3CCN(C(=O)c4ccccn4)CC[C@@H]3S2(=O)=O)c1. The second-order valence-electron chi connectivity index (χ2n) is 7.57. The van der Waals surface area contributed by atoms with Crippen LogP contribution >= 0.6 is 0 Å². The predicted molar refractivity (Wildman–Crippen MR) is 109 cm³/mol. The topological polar surface area (TPSA) is 79.8 Å². The van der Waals surface area contributed by atoms with Gasteiger partial charge in [0.05, 0.1) is 12.4 Å². The molecule has 2 aliphatic rings. The van der Waals surface area contributed by atoms with Crippen molar-refractivity contribution in [3.63, 3.8) is 0 Å². The molecule has 4 rings (SSSR count). The van der Waals surface area contributed by atoms with Crippen molar-refractivity contribution in [2.45, 2.75) is 24.6 Å². The quantitative estimate of drug-likeness (QED) is 0.765. The van der Waals surface area contributed by atoms with Crippen molar-refractivity contribution in [3.05, 3.63) is 59.9 Å². The van der Waals surface area contributed by atoms with E-state index < -0.39 is 15.3 Å². The van der Waals surface area contributed by atoms with Crippen LogP contribution in [0, 0.1) is 5.92 Å². The number of nitrogens with zero attached hydrogens (tertiary/aromatic N) is 3. The highest BCUT2D eigenvalue weighted by molar-refractivity contribution is 7.90. The van der Waals surface area contributed by atoms with Crippen molar-refractivity contribution in [2.75, 3.05) is 26.7 Å². The summed E-state index contributed by atoms with van der Waals surface area (Å²) in [5, 5.41) is -0.436. The highest BCUT2D eigenvalue weighted by Crippen LogP contribution is 2.35. The first-order valence-corrected chi connectivity index (χ1v) is 11.3. The molecule has 8 heteroatoms. The van der Waals surface area contributed by atoms with E-state index in [4.69, 9.17) is 4.74 Å². The number of methoxy groups -OCH3 is 1. The van der Waals surface area contributed by atoms with Crippen LogP contribution in [-0.4, -0.2) is 60.5 Å². The Balaban J connectivity index is 1.46. The molecule has 7 nitrogen and oxygen atoms in total. The van der Waals surface area contributed by atoms with Gasteiger partial charge in [0.15, 0.2) is 0 Å². The Hall–Kier alpha value is -2.45. The van der Waals surface area contributed by atoms with Crippen LogP contribution in [0.4, 0.5) is 0 Å². The highest BCUT2D eigenvalue weighted by Gasteiger charge is 2.47. The number of hydrogen-bond donors (Lipinski definition) is 0. The number of likely N-dealkylation sites (tertiary alicyclic amines) is 1. The average Bonchev–Trinajstić information content (AvgIpc) is 2.88. The maximum atomic E-state index is 13.2. The fourth-order valence-electron chi connectivity index (χ4n) is 4.28. The minimum Gasteiger partial charge on any atom is -0.497 e. The number of rotatable bonds is 4. The monoisotopic (exact) mass is 415 g/mol. The normalized spacial score (nSPS) is 24.0. The van der Waals surface area contributed by atoms with E-state index in [0.717, 1.165) is 11.3 Å². The van der Waals surface area contributed by atoms with Crippen LogP contribution in [0.1, 0.15) is 28.9 Å². The zero-order chi connectivity index (χ0) is 20.4. The zero-order valence-electron chi connectivity index (χ0n) is 16.4. The highest BCUT2D eigenvalue weighted by atomic mass is 32.2. The van der Waals surface area contributed by atoms with Crippen LogP contribution < -0.4 is 4.74 Å². The molecule has 29 heavy (non-hydrogen) atoms. The number of hydrogen-bond acceptors (Lipinski definition) is 5. The molecule has 0 saturated carbocycles. The number of carbonyl (C=O) groups is 1. The first kappa shape index (κ1) is 19.8. The molecule has 0 unspecified atom stereocenters. The summed E-state index contributed by atoms with van der Waals surface area (Å²) in [6, 6.07) is 12.8. The molecule has 2 aliphatic heterocycles. The van der Waals surface area contributed by atoms with E-state index >= 15 is 0 Å². The van der Waals surface area contributed by atoms with Gasteiger partial charge in [0.25, 0.3) is 5.91 Å². The van der Waals surface area contributed by atoms with Gasteiger partial charge < -0.3 is 9.64 Å². The number of pyridine rings is 1. The lowest BCUT2D eigenvalue weighted by atomic mass is 10.0. The van der Waals surface area contributed by atoms with Crippen molar-refractivity contribution >= 4 is 15.9 Å². The summed E-state index contributed by atoms with van der Waals surface area (Å²) in [4.78, 5) is 18.6. The number of carbonyl (C=O) groups excluding carboxylic acids is 1. The van der Waals surface area contributed by atoms with E-state index in [9.17, 15) is 13.2 Å². The van der Waals surface area contributed by atoms with E-state index in [1.54, 1.807) is 40.7 Å². The fraction of sp³-hybridized carbons (Fsp3) is 0.429. The van der Waals surface area contributed by atoms with E-state index in [0.29, 0.717) is 44.7 Å². The molecule has 154 valence electrons. The molecule has 0 N–H and O–H groups in total. The molecule has 2 saturated heterocycles. The summed E-state index contributed by atoms with van der Waals surface area (Å²) in [6.07, 6.45) is 2.73. The minimum absolute atomic E-state index is 0.0344. The summed E-state index contributed by atoms with van der Waals surface area (Å²) in [6.45, 7) is 1.83. The Morgan fingerprint density at radius 3 is 2.76 bits per heavy atom. The number of ether oxygens (including phenoxy) is 1. The Labute approximate surface area is 171 Å². The van der Waals surface area contributed by atoms with Gasteiger partial charge in [-0.1, -0.05) is 18.2 Å². The van der Waals surface area contributed by atoms with Gasteiger partial charge in [-0.05, 0) is 48.6 Å². The Kier molecular flexibility index (Phi) is 5.56. The predicted octanol–water partition coefficient (Wildman–Crippen LogP) is 2.16. The molecule has 1 amide bonds. The van der Waals surface area contributed by atoms with Gasteiger partial charge in [-0.15, -0.1) is 0 Å². The van der Waals surface area contributed by atoms with Crippen molar-refractivity contribution in [1.29, 1.82) is 0 Å². The van der Waals surface area contributed by atoms with Gasteiger partial charge in [0.1, 0.15) is 11.4 Å². The number of fused-ring (bicyclic) bond motifs is 1. The van der Waals surface area contributed by atoms with Gasteiger partial charge in [0.2, 0.25) is 10.0 Å². The van der Waals surface area contributed by atoms with E-state index in [1.807, 2.05) is 24.3 Å². The van der Waals surface area contributed by atoms with Crippen LogP contribution in [0.25, 0.3) is 0 Å². The largest absolute Gasteiger partial charge is 0.497 e. The standard InChI is InChI=1S/C21H25N3O4S/c1-28-18-6-4-5-16(13-18)14-24-15-17-8-11-23(12-9-20(17)29(24,26)27)21(25)19-7-2-3-10-22-19/h2-7,10,13,17,20H,8-9,11-12,14-15H2,1H3/t17-,20-/m0/s1. The molecule has 0 radical (unpaired) electrons. The summed E-state index contributed by atoms with van der Waals surface area (Å²) in [5.74, 6) is 0.625. The van der Waals surface area contributed by atoms with Crippen molar-refractivity contribution in [2.24, 2.45) is 5.92 Å². The molecular weight excluding hydrogens is 390 g/mol. The second kappa shape index (κ2) is 8.12. The van der Waals surface area contributed by atoms with Gasteiger partial charge in [-0.2, -0.15) is 4.31 Å². The maximum Gasteiger partial charge on any atom is 0.272 e. The lowest BCUT2D eigenvalue weighted by Crippen LogP contribution is -2.35. The van der Waals surface area contributed by atoms with Crippen LogP contribution in [0.3, 0.4) is 0 Å². The Bertz CT molecular complexity index is 980. The Morgan fingerprint density at radius 1 is 1.17 bits per heavy atom. The van der Waals surface area contributed by atoms with Gasteiger partial charge in [-0.3, -0.25) is 9.78 Å². The van der Waals surface area contributed by atoms with Crippen LogP contribution in [0.15, 0.2) is 48.7 Å². The number of amides is 1. The molecule has 2 atom stereocenters. The fourth-order valence-corrected chi connectivity index (χ4v) is 6.50. The first-order valence-electron chi connectivity index (χ1n) is 9.81. The molecule has 2 fully saturated rings. The summed E-state index contributed by atoms with van der Waals surface area (Å²) in [7, 11) is -1.80. The summed E-state index contributed by atoms with van der Waals surface area (Å²) >= 11 is 0. The lowest BCUT2D eigenvalue weighted by Gasteiger charge is -2.22. The number of aromatic nitrogens is 1. The molecule has 2 aromatic rings. The van der Waals surface area contributed by atoms with Gasteiger partial charge in [-0.25, -0.2) is 8.42 Å². The smallest absolute Gasteiger partial charge is 0.272 e. The molecule has 0 bridgehead atoms. The third-order valence-corrected chi connectivity index (χ3v) is 8.21. The van der Waals surface area contributed by atoms with Crippen molar-refractivity contribution in [1.82, 2.24) is 14.2 Å². The van der Waals surface area contributed by atoms with Crippen molar-refractivity contribution < 1.29 is 17.9 Å². The second-order valence-corrected chi connectivity index (χ2v) is 9.72. The molecule has 0 spiro atoms. The first-order chi connectivity index (χ1) is 14.0. The zero-order valence-corrected chi connectivity index (χ0v) is 17.2. The number of sulfonamides is 1. The Morgan fingerprint density at radius 2 is 2.00 bits per heavy atom. The van der Waals surface area contributed by atoms with Gasteiger partial charge in [0, 0.05) is 32.4 Å². The third kappa shape index (κ3) is 4.00. The van der Waals surface area contributed by atoms with Gasteiger partial charge >= 0.3 is 0 Å². The molecule has 3 heterocycles. The third-order valence-electron chi connectivity index (χ3n) is 5.82. The van der Waals surface area contributed by atoms with Crippen LogP contribution in [-0.2, 0) is 16.6 Å². The van der Waals surface area contributed by atoms with Crippen molar-refractivity contribution in [3.8, 4) is 5.75 Å². The van der Waals surface area contributed by atoms with Crippen LogP contribution in [0.2, 0.25) is 0 Å². The van der Waals surface area contributed by atoms with E-state index in [1.165, 1.54) is 0 Å². The lowest BCUT2D eigenvalue weighted by molar-refractivity contribution is 0.0753. The van der Waals surface area contributed by atoms with E-state index in [-0.39, 0.29) is 11.8 Å². The average molecular weight is 416 g/mol. The van der Waals surface area contributed by atoms with Crippen LogP contribution in [0.5, 0.6) is 5.75 Å². The molecular formula is C21H25N3O4S. The molecule has 1 aromatic heterocycles. The number of benzene rings is 1. The molecule has 0 aliphatic carbocycles.